The van der Waals surface area contributed by atoms with Crippen LogP contribution in [0.3, 0.4) is 0 Å². The fourth-order valence-corrected chi connectivity index (χ4v) is 4.15. The zero-order valence-electron chi connectivity index (χ0n) is 13.5. The number of phenolic OH excluding ortho intramolecular Hbond substituents is 1. The summed E-state index contributed by atoms with van der Waals surface area (Å²) in [5.41, 5.74) is 5.13. The number of phenols is 1. The molecular weight excluding hydrogens is 306 g/mol. The highest BCUT2D eigenvalue weighted by atomic mass is 16.7. The third-order valence-electron chi connectivity index (χ3n) is 5.39. The molecule has 3 aliphatic heterocycles. The minimum atomic E-state index is 0.226. The Labute approximate surface area is 140 Å². The van der Waals surface area contributed by atoms with Crippen LogP contribution in [-0.2, 0) is 19.4 Å². The lowest BCUT2D eigenvalue weighted by Crippen LogP contribution is -2.39. The summed E-state index contributed by atoms with van der Waals surface area (Å²) < 4.78 is 16.4. The molecule has 3 aliphatic rings. The van der Waals surface area contributed by atoms with E-state index in [1.54, 1.807) is 7.11 Å². The number of nitrogens with zero attached hydrogens (tertiary/aromatic N) is 1. The lowest BCUT2D eigenvalue weighted by Gasteiger charge is -2.41. The molecule has 0 amide bonds. The Morgan fingerprint density at radius 2 is 1.88 bits per heavy atom. The molecule has 0 radical (unpaired) electrons. The zero-order chi connectivity index (χ0) is 16.3. The first-order chi connectivity index (χ1) is 11.7. The Hall–Kier alpha value is -2.40. The molecule has 5 heteroatoms. The van der Waals surface area contributed by atoms with Crippen LogP contribution < -0.4 is 14.2 Å². The molecule has 2 aromatic carbocycles. The predicted molar refractivity (Wildman–Crippen MR) is 87.8 cm³/mol. The van der Waals surface area contributed by atoms with Gasteiger partial charge in [-0.25, -0.2) is 0 Å². The minimum absolute atomic E-state index is 0.226. The molecule has 1 atom stereocenters. The highest BCUT2D eigenvalue weighted by molar-refractivity contribution is 5.53. The smallest absolute Gasteiger partial charge is 0.231 e. The largest absolute Gasteiger partial charge is 0.504 e. The Balaban J connectivity index is 1.57. The van der Waals surface area contributed by atoms with Gasteiger partial charge in [0.25, 0.3) is 0 Å². The minimum Gasteiger partial charge on any atom is -0.504 e. The third-order valence-corrected chi connectivity index (χ3v) is 5.39. The van der Waals surface area contributed by atoms with Gasteiger partial charge in [0.1, 0.15) is 0 Å². The lowest BCUT2D eigenvalue weighted by atomic mass is 9.83. The van der Waals surface area contributed by atoms with E-state index < -0.39 is 0 Å². The van der Waals surface area contributed by atoms with Crippen molar-refractivity contribution in [1.82, 2.24) is 4.90 Å². The van der Waals surface area contributed by atoms with E-state index in [1.807, 2.05) is 12.1 Å². The van der Waals surface area contributed by atoms with E-state index in [0.29, 0.717) is 18.6 Å². The predicted octanol–water partition coefficient (Wildman–Crippen LogP) is 2.79. The molecule has 0 bridgehead atoms. The van der Waals surface area contributed by atoms with Crippen molar-refractivity contribution < 1.29 is 19.3 Å². The molecule has 1 unspecified atom stereocenters. The monoisotopic (exact) mass is 325 g/mol. The fourth-order valence-electron chi connectivity index (χ4n) is 4.15. The Morgan fingerprint density at radius 3 is 2.67 bits per heavy atom. The van der Waals surface area contributed by atoms with E-state index >= 15 is 0 Å². The molecule has 0 fully saturated rings. The molecule has 0 saturated heterocycles. The van der Waals surface area contributed by atoms with Gasteiger partial charge in [-0.3, -0.25) is 4.90 Å². The topological polar surface area (TPSA) is 51.2 Å². The van der Waals surface area contributed by atoms with Crippen molar-refractivity contribution in [2.75, 3.05) is 20.4 Å². The summed E-state index contributed by atoms with van der Waals surface area (Å²) in [4.78, 5) is 2.50. The lowest BCUT2D eigenvalue weighted by molar-refractivity contribution is 0.160. The summed E-state index contributed by atoms with van der Waals surface area (Å²) >= 11 is 0. The summed E-state index contributed by atoms with van der Waals surface area (Å²) in [6, 6.07) is 8.43. The molecule has 124 valence electrons. The number of methoxy groups -OCH3 is 1. The first-order valence-corrected chi connectivity index (χ1v) is 8.28. The molecule has 0 saturated carbocycles. The highest BCUT2D eigenvalue weighted by Gasteiger charge is 2.34. The molecule has 3 heterocycles. The Bertz CT molecular complexity index is 833. The van der Waals surface area contributed by atoms with Crippen LogP contribution in [0.4, 0.5) is 0 Å². The SMILES string of the molecule is COc1cc2c(cc1O)CCN1Cc3cc4c(cc3CC21)OCO4. The Morgan fingerprint density at radius 1 is 1.08 bits per heavy atom. The number of hydrogen-bond donors (Lipinski definition) is 1. The zero-order valence-corrected chi connectivity index (χ0v) is 13.5. The average molecular weight is 325 g/mol. The van der Waals surface area contributed by atoms with E-state index in [1.165, 1.54) is 22.3 Å². The van der Waals surface area contributed by atoms with Gasteiger partial charge in [0.2, 0.25) is 6.79 Å². The van der Waals surface area contributed by atoms with Gasteiger partial charge in [-0.1, -0.05) is 0 Å². The summed E-state index contributed by atoms with van der Waals surface area (Å²) in [5, 5.41) is 10.1. The summed E-state index contributed by atoms with van der Waals surface area (Å²) in [6.45, 7) is 2.22. The normalized spacial score (nSPS) is 21.0. The van der Waals surface area contributed by atoms with Crippen LogP contribution in [0, 0.1) is 0 Å². The summed E-state index contributed by atoms with van der Waals surface area (Å²) in [7, 11) is 1.60. The summed E-state index contributed by atoms with van der Waals surface area (Å²) in [6.07, 6.45) is 1.89. The average Bonchev–Trinajstić information content (AvgIpc) is 3.04. The molecule has 24 heavy (non-hydrogen) atoms. The molecule has 1 N–H and O–H groups in total. The molecular formula is C19H19NO4. The van der Waals surface area contributed by atoms with Crippen LogP contribution in [0.1, 0.15) is 28.3 Å². The van der Waals surface area contributed by atoms with Crippen molar-refractivity contribution in [1.29, 1.82) is 0 Å². The fraction of sp³-hybridized carbons (Fsp3) is 0.368. The van der Waals surface area contributed by atoms with Gasteiger partial charge in [0, 0.05) is 19.1 Å². The quantitative estimate of drug-likeness (QED) is 0.874. The van der Waals surface area contributed by atoms with Crippen molar-refractivity contribution in [2.24, 2.45) is 0 Å². The number of hydrogen-bond acceptors (Lipinski definition) is 5. The van der Waals surface area contributed by atoms with Crippen molar-refractivity contribution in [3.63, 3.8) is 0 Å². The summed E-state index contributed by atoms with van der Waals surface area (Å²) in [5.74, 6) is 2.48. The van der Waals surface area contributed by atoms with Gasteiger partial charge in [0.15, 0.2) is 23.0 Å². The highest BCUT2D eigenvalue weighted by Crippen LogP contribution is 2.44. The third kappa shape index (κ3) is 1.97. The number of aromatic hydroxyl groups is 1. The van der Waals surface area contributed by atoms with E-state index in [4.69, 9.17) is 14.2 Å². The first-order valence-electron chi connectivity index (χ1n) is 8.28. The van der Waals surface area contributed by atoms with Crippen molar-refractivity contribution in [3.05, 3.63) is 46.5 Å². The molecule has 5 rings (SSSR count). The maximum Gasteiger partial charge on any atom is 0.231 e. The van der Waals surface area contributed by atoms with E-state index in [2.05, 4.69) is 17.0 Å². The van der Waals surface area contributed by atoms with Gasteiger partial charge >= 0.3 is 0 Å². The second-order valence-corrected chi connectivity index (χ2v) is 6.64. The van der Waals surface area contributed by atoms with Gasteiger partial charge in [-0.2, -0.15) is 0 Å². The number of ether oxygens (including phenoxy) is 3. The van der Waals surface area contributed by atoms with Gasteiger partial charge < -0.3 is 19.3 Å². The van der Waals surface area contributed by atoms with Gasteiger partial charge in [-0.05, 0) is 59.4 Å². The van der Waals surface area contributed by atoms with E-state index in [-0.39, 0.29) is 5.75 Å². The van der Waals surface area contributed by atoms with Crippen LogP contribution in [0.15, 0.2) is 24.3 Å². The maximum atomic E-state index is 10.1. The van der Waals surface area contributed by atoms with E-state index in [9.17, 15) is 5.11 Å². The van der Waals surface area contributed by atoms with Gasteiger partial charge in [-0.15, -0.1) is 0 Å². The Kier molecular flexibility index (Phi) is 2.94. The second kappa shape index (κ2) is 5.05. The molecule has 0 aliphatic carbocycles. The van der Waals surface area contributed by atoms with Crippen LogP contribution >= 0.6 is 0 Å². The maximum absolute atomic E-state index is 10.1. The first kappa shape index (κ1) is 14.0. The molecule has 0 spiro atoms. The van der Waals surface area contributed by atoms with Crippen LogP contribution in [0.5, 0.6) is 23.0 Å². The van der Waals surface area contributed by atoms with Crippen molar-refractivity contribution in [3.8, 4) is 23.0 Å². The van der Waals surface area contributed by atoms with Crippen LogP contribution in [0.2, 0.25) is 0 Å². The number of benzene rings is 2. The van der Waals surface area contributed by atoms with Gasteiger partial charge in [0.05, 0.1) is 7.11 Å². The molecule has 5 nitrogen and oxygen atoms in total. The molecule has 2 aromatic rings. The van der Waals surface area contributed by atoms with Crippen molar-refractivity contribution in [2.45, 2.75) is 25.4 Å². The number of rotatable bonds is 1. The van der Waals surface area contributed by atoms with Crippen LogP contribution in [0.25, 0.3) is 0 Å². The van der Waals surface area contributed by atoms with Crippen LogP contribution in [-0.4, -0.2) is 30.5 Å². The number of fused-ring (bicyclic) bond motifs is 5. The van der Waals surface area contributed by atoms with E-state index in [0.717, 1.165) is 37.4 Å². The standard InChI is InChI=1S/C19H19NO4/c1-22-17-8-14-11(5-16(17)21)2-3-20-9-13-7-19-18(23-10-24-19)6-12(13)4-15(14)20/h5-8,15,21H,2-4,9-10H2,1H3. The second-order valence-electron chi connectivity index (χ2n) is 6.64. The van der Waals surface area contributed by atoms with Crippen molar-refractivity contribution >= 4 is 0 Å². The molecule has 0 aromatic heterocycles.